The van der Waals surface area contributed by atoms with E-state index in [0.717, 1.165) is 0 Å². The first-order valence-electron chi connectivity index (χ1n) is 5.88. The minimum absolute atomic E-state index is 0.00686. The average Bonchev–Trinajstić information content (AvgIpc) is 2.24. The maximum atomic E-state index is 11.6. The first-order chi connectivity index (χ1) is 7.73. The van der Waals surface area contributed by atoms with Crippen molar-refractivity contribution in [3.63, 3.8) is 0 Å². The van der Waals surface area contributed by atoms with Gasteiger partial charge in [-0.05, 0) is 13.5 Å². The Morgan fingerprint density at radius 2 is 1.76 bits per heavy atom. The monoisotopic (exact) mass is 264 g/mol. The van der Waals surface area contributed by atoms with Gasteiger partial charge >= 0.3 is 0 Å². The molecule has 0 aromatic rings. The topological polar surface area (TPSA) is 57.7 Å². The summed E-state index contributed by atoms with van der Waals surface area (Å²) in [6, 6.07) is -0.131. The molecule has 0 aromatic heterocycles. The number of likely N-dealkylation sites (N-methyl/N-ethyl adjacent to an activating group) is 2. The molecule has 1 amide bonds. The Kier molecular flexibility index (Phi) is 6.70. The fourth-order valence-electron chi connectivity index (χ4n) is 1.49. The normalized spacial score (nSPS) is 13.8. The maximum Gasteiger partial charge on any atom is 0.236 e. The molecule has 0 N–H and O–H groups in total. The van der Waals surface area contributed by atoms with Crippen LogP contribution in [0.2, 0.25) is 0 Å². The van der Waals surface area contributed by atoms with Gasteiger partial charge in [0.1, 0.15) is 0 Å². The van der Waals surface area contributed by atoms with Crippen molar-refractivity contribution in [1.82, 2.24) is 9.80 Å². The van der Waals surface area contributed by atoms with Crippen LogP contribution >= 0.6 is 0 Å². The van der Waals surface area contributed by atoms with Gasteiger partial charge in [-0.1, -0.05) is 13.8 Å². The SMILES string of the molecule is CCN(CC(=O)N(C)C)[C@@H](C)CS(=O)(=O)CC. The van der Waals surface area contributed by atoms with E-state index < -0.39 is 9.84 Å². The van der Waals surface area contributed by atoms with E-state index in [1.807, 2.05) is 18.7 Å². The number of sulfone groups is 1. The van der Waals surface area contributed by atoms with Crippen molar-refractivity contribution < 1.29 is 13.2 Å². The van der Waals surface area contributed by atoms with Gasteiger partial charge in [-0.3, -0.25) is 9.69 Å². The molecule has 0 aliphatic carbocycles. The van der Waals surface area contributed by atoms with Crippen LogP contribution in [0.4, 0.5) is 0 Å². The zero-order valence-electron chi connectivity index (χ0n) is 11.4. The van der Waals surface area contributed by atoms with Gasteiger partial charge in [-0.2, -0.15) is 0 Å². The highest BCUT2D eigenvalue weighted by Crippen LogP contribution is 2.04. The van der Waals surface area contributed by atoms with Gasteiger partial charge in [0, 0.05) is 25.9 Å². The van der Waals surface area contributed by atoms with Crippen LogP contribution in [-0.2, 0) is 14.6 Å². The lowest BCUT2D eigenvalue weighted by atomic mass is 10.3. The number of carbonyl (C=O) groups excluding carboxylic acids is 1. The van der Waals surface area contributed by atoms with Crippen LogP contribution in [0.25, 0.3) is 0 Å². The molecule has 6 heteroatoms. The minimum Gasteiger partial charge on any atom is -0.348 e. The van der Waals surface area contributed by atoms with Gasteiger partial charge in [0.15, 0.2) is 9.84 Å². The molecular weight excluding hydrogens is 240 g/mol. The van der Waals surface area contributed by atoms with Gasteiger partial charge in [0.25, 0.3) is 0 Å². The summed E-state index contributed by atoms with van der Waals surface area (Å²) in [5, 5.41) is 0. The predicted molar refractivity (Wildman–Crippen MR) is 69.7 cm³/mol. The zero-order chi connectivity index (χ0) is 13.6. The van der Waals surface area contributed by atoms with Gasteiger partial charge in [-0.15, -0.1) is 0 Å². The van der Waals surface area contributed by atoms with Crippen LogP contribution in [0.3, 0.4) is 0 Å². The Labute approximate surface area is 105 Å². The van der Waals surface area contributed by atoms with Crippen LogP contribution < -0.4 is 0 Å². The third-order valence-electron chi connectivity index (χ3n) is 2.80. The van der Waals surface area contributed by atoms with Crippen LogP contribution in [0.5, 0.6) is 0 Å². The fraction of sp³-hybridized carbons (Fsp3) is 0.909. The van der Waals surface area contributed by atoms with Crippen LogP contribution in [0, 0.1) is 0 Å². The summed E-state index contributed by atoms with van der Waals surface area (Å²) >= 11 is 0. The standard InChI is InChI=1S/C11H24N2O3S/c1-6-13(8-11(14)12(4)5)10(3)9-17(15,16)7-2/h10H,6-9H2,1-5H3/t10-/m0/s1. The summed E-state index contributed by atoms with van der Waals surface area (Å²) in [7, 11) is 0.400. The van der Waals surface area contributed by atoms with E-state index in [9.17, 15) is 13.2 Å². The molecule has 0 heterocycles. The van der Waals surface area contributed by atoms with Gasteiger partial charge in [-0.25, -0.2) is 8.42 Å². The number of nitrogens with zero attached hydrogens (tertiary/aromatic N) is 2. The van der Waals surface area contributed by atoms with E-state index in [1.165, 1.54) is 4.90 Å². The number of hydrogen-bond acceptors (Lipinski definition) is 4. The second-order valence-electron chi connectivity index (χ2n) is 4.40. The molecule has 0 aliphatic heterocycles. The first kappa shape index (κ1) is 16.4. The molecule has 0 aliphatic rings. The van der Waals surface area contributed by atoms with Crippen molar-refractivity contribution >= 4 is 15.7 Å². The summed E-state index contributed by atoms with van der Waals surface area (Å²) in [5.74, 6) is 0.252. The largest absolute Gasteiger partial charge is 0.348 e. The van der Waals surface area contributed by atoms with Crippen LogP contribution in [0.1, 0.15) is 20.8 Å². The number of hydrogen-bond donors (Lipinski definition) is 0. The second-order valence-corrected chi connectivity index (χ2v) is 6.80. The molecule has 0 saturated heterocycles. The lowest BCUT2D eigenvalue weighted by Crippen LogP contribution is -2.44. The lowest BCUT2D eigenvalue weighted by Gasteiger charge is -2.28. The van der Waals surface area contributed by atoms with Crippen molar-refractivity contribution in [2.45, 2.75) is 26.8 Å². The summed E-state index contributed by atoms with van der Waals surface area (Å²) in [4.78, 5) is 15.0. The smallest absolute Gasteiger partial charge is 0.236 e. The highest BCUT2D eigenvalue weighted by Gasteiger charge is 2.21. The molecule has 0 fully saturated rings. The van der Waals surface area contributed by atoms with E-state index >= 15 is 0 Å². The Hall–Kier alpha value is -0.620. The molecular formula is C11H24N2O3S. The lowest BCUT2D eigenvalue weighted by molar-refractivity contribution is -0.130. The summed E-state index contributed by atoms with van der Waals surface area (Å²) < 4.78 is 23.1. The van der Waals surface area contributed by atoms with Gasteiger partial charge in [0.05, 0.1) is 12.3 Å². The number of carbonyl (C=O) groups is 1. The first-order valence-corrected chi connectivity index (χ1v) is 7.70. The van der Waals surface area contributed by atoms with E-state index in [0.29, 0.717) is 6.54 Å². The molecule has 0 bridgehead atoms. The van der Waals surface area contributed by atoms with Gasteiger partial charge in [0.2, 0.25) is 5.91 Å². The average molecular weight is 264 g/mol. The molecule has 0 rings (SSSR count). The highest BCUT2D eigenvalue weighted by atomic mass is 32.2. The Balaban J connectivity index is 4.51. The fourth-order valence-corrected chi connectivity index (χ4v) is 2.67. The quantitative estimate of drug-likeness (QED) is 0.660. The summed E-state index contributed by atoms with van der Waals surface area (Å²) in [6.07, 6.45) is 0. The molecule has 0 aromatic carbocycles. The molecule has 0 unspecified atom stereocenters. The molecule has 17 heavy (non-hydrogen) atoms. The molecule has 0 spiro atoms. The highest BCUT2D eigenvalue weighted by molar-refractivity contribution is 7.91. The molecule has 0 saturated carbocycles. The van der Waals surface area contributed by atoms with E-state index in [-0.39, 0.29) is 30.0 Å². The van der Waals surface area contributed by atoms with Crippen LogP contribution in [-0.4, -0.2) is 68.9 Å². The van der Waals surface area contributed by atoms with Crippen molar-refractivity contribution in [2.75, 3.05) is 38.7 Å². The van der Waals surface area contributed by atoms with Crippen LogP contribution in [0.15, 0.2) is 0 Å². The summed E-state index contributed by atoms with van der Waals surface area (Å²) in [6.45, 7) is 6.35. The molecule has 0 radical (unpaired) electrons. The third-order valence-corrected chi connectivity index (χ3v) is 4.67. The Morgan fingerprint density at radius 3 is 2.12 bits per heavy atom. The number of rotatable bonds is 7. The predicted octanol–water partition coefficient (Wildman–Crippen LogP) is 0.220. The maximum absolute atomic E-state index is 11.6. The van der Waals surface area contributed by atoms with Gasteiger partial charge < -0.3 is 4.90 Å². The molecule has 102 valence electrons. The van der Waals surface area contributed by atoms with Crippen molar-refractivity contribution in [3.05, 3.63) is 0 Å². The van der Waals surface area contributed by atoms with E-state index in [1.54, 1.807) is 21.0 Å². The van der Waals surface area contributed by atoms with Crippen molar-refractivity contribution in [2.24, 2.45) is 0 Å². The molecule has 5 nitrogen and oxygen atoms in total. The summed E-state index contributed by atoms with van der Waals surface area (Å²) in [5.41, 5.74) is 0. The Bertz CT molecular complexity index is 339. The Morgan fingerprint density at radius 1 is 1.24 bits per heavy atom. The minimum atomic E-state index is -3.00. The third kappa shape index (κ3) is 6.02. The van der Waals surface area contributed by atoms with Crippen molar-refractivity contribution in [1.29, 1.82) is 0 Å². The number of amides is 1. The molecule has 1 atom stereocenters. The zero-order valence-corrected chi connectivity index (χ0v) is 12.2. The second kappa shape index (κ2) is 6.96. The van der Waals surface area contributed by atoms with E-state index in [2.05, 4.69) is 0 Å². The van der Waals surface area contributed by atoms with Crippen molar-refractivity contribution in [3.8, 4) is 0 Å². The van der Waals surface area contributed by atoms with E-state index in [4.69, 9.17) is 0 Å².